The van der Waals surface area contributed by atoms with E-state index in [2.05, 4.69) is 57.4 Å². The van der Waals surface area contributed by atoms with Crippen molar-refractivity contribution in [3.05, 3.63) is 52.5 Å². The molecule has 27 heavy (non-hydrogen) atoms. The van der Waals surface area contributed by atoms with Crippen molar-refractivity contribution in [2.45, 2.75) is 11.3 Å². The van der Waals surface area contributed by atoms with Gasteiger partial charge in [-0.3, -0.25) is 4.79 Å². The maximum atomic E-state index is 12.6. The standard InChI is InChI=1S/C20H20BrN3OS2/c1-26-16-5-2-14(3-6-16)12-19(25)23-8-10-24(11-9-23)20-22-17-7-4-15(21)13-18(17)27-20/h2-7,13H,8-12H2,1H3. The van der Waals surface area contributed by atoms with Gasteiger partial charge in [-0.25, -0.2) is 4.98 Å². The number of hydrogen-bond donors (Lipinski definition) is 0. The van der Waals surface area contributed by atoms with Crippen molar-refractivity contribution in [3.8, 4) is 0 Å². The van der Waals surface area contributed by atoms with E-state index in [1.54, 1.807) is 23.1 Å². The Morgan fingerprint density at radius 3 is 2.59 bits per heavy atom. The molecule has 0 spiro atoms. The summed E-state index contributed by atoms with van der Waals surface area (Å²) < 4.78 is 2.26. The number of rotatable bonds is 4. The molecule has 0 saturated carbocycles. The lowest BCUT2D eigenvalue weighted by Crippen LogP contribution is -2.49. The van der Waals surface area contributed by atoms with Gasteiger partial charge in [-0.2, -0.15) is 0 Å². The molecule has 4 rings (SSSR count). The van der Waals surface area contributed by atoms with Crippen molar-refractivity contribution in [2.75, 3.05) is 37.3 Å². The van der Waals surface area contributed by atoms with Crippen LogP contribution in [0.5, 0.6) is 0 Å². The molecule has 0 aliphatic carbocycles. The van der Waals surface area contributed by atoms with Crippen molar-refractivity contribution in [1.29, 1.82) is 0 Å². The van der Waals surface area contributed by atoms with Gasteiger partial charge in [0, 0.05) is 35.5 Å². The lowest BCUT2D eigenvalue weighted by Gasteiger charge is -2.34. The summed E-state index contributed by atoms with van der Waals surface area (Å²) in [5.41, 5.74) is 2.11. The summed E-state index contributed by atoms with van der Waals surface area (Å²) >= 11 is 6.95. The Morgan fingerprint density at radius 1 is 1.15 bits per heavy atom. The summed E-state index contributed by atoms with van der Waals surface area (Å²) in [4.78, 5) is 22.9. The number of fused-ring (bicyclic) bond motifs is 1. The molecule has 0 unspecified atom stereocenters. The monoisotopic (exact) mass is 461 g/mol. The molecule has 2 heterocycles. The van der Waals surface area contributed by atoms with E-state index in [1.165, 1.54) is 9.60 Å². The summed E-state index contributed by atoms with van der Waals surface area (Å²) in [5.74, 6) is 0.208. The molecule has 1 saturated heterocycles. The van der Waals surface area contributed by atoms with Gasteiger partial charge >= 0.3 is 0 Å². The van der Waals surface area contributed by atoms with Crippen LogP contribution in [0.2, 0.25) is 0 Å². The average molecular weight is 462 g/mol. The Hall–Kier alpha value is -1.57. The molecule has 1 aliphatic rings. The Balaban J connectivity index is 1.36. The first-order valence-electron chi connectivity index (χ1n) is 8.84. The van der Waals surface area contributed by atoms with E-state index in [0.717, 1.165) is 46.9 Å². The van der Waals surface area contributed by atoms with Gasteiger partial charge < -0.3 is 9.80 Å². The number of amides is 1. The zero-order chi connectivity index (χ0) is 18.8. The van der Waals surface area contributed by atoms with Crippen molar-refractivity contribution in [2.24, 2.45) is 0 Å². The summed E-state index contributed by atoms with van der Waals surface area (Å²) in [6.45, 7) is 3.17. The maximum absolute atomic E-state index is 12.6. The molecule has 1 amide bonds. The topological polar surface area (TPSA) is 36.4 Å². The van der Waals surface area contributed by atoms with Gasteiger partial charge in [0.15, 0.2) is 5.13 Å². The van der Waals surface area contributed by atoms with Crippen LogP contribution in [-0.4, -0.2) is 48.2 Å². The number of anilines is 1. The van der Waals surface area contributed by atoms with Gasteiger partial charge in [-0.1, -0.05) is 39.4 Å². The molecule has 7 heteroatoms. The number of nitrogens with zero attached hydrogens (tertiary/aromatic N) is 3. The SMILES string of the molecule is CSc1ccc(CC(=O)N2CCN(c3nc4ccc(Br)cc4s3)CC2)cc1. The van der Waals surface area contributed by atoms with Crippen LogP contribution >= 0.6 is 39.0 Å². The first-order chi connectivity index (χ1) is 13.1. The van der Waals surface area contributed by atoms with Gasteiger partial charge in [0.05, 0.1) is 16.6 Å². The molecule has 3 aromatic rings. The second-order valence-corrected chi connectivity index (χ2v) is 9.31. The second-order valence-electron chi connectivity index (χ2n) is 6.50. The smallest absolute Gasteiger partial charge is 0.227 e. The van der Waals surface area contributed by atoms with Gasteiger partial charge in [0.25, 0.3) is 0 Å². The van der Waals surface area contributed by atoms with Crippen LogP contribution in [0.1, 0.15) is 5.56 Å². The molecule has 4 nitrogen and oxygen atoms in total. The molecule has 1 aromatic heterocycles. The quantitative estimate of drug-likeness (QED) is 0.528. The van der Waals surface area contributed by atoms with E-state index >= 15 is 0 Å². The Kier molecular flexibility index (Phi) is 5.71. The van der Waals surface area contributed by atoms with Crippen molar-refractivity contribution in [1.82, 2.24) is 9.88 Å². The highest BCUT2D eigenvalue weighted by Gasteiger charge is 2.23. The Bertz CT molecular complexity index is 950. The van der Waals surface area contributed by atoms with Gasteiger partial charge in [0.2, 0.25) is 5.91 Å². The Labute approximate surface area is 175 Å². The fourth-order valence-electron chi connectivity index (χ4n) is 3.20. The average Bonchev–Trinajstić information content (AvgIpc) is 3.12. The highest BCUT2D eigenvalue weighted by molar-refractivity contribution is 9.10. The van der Waals surface area contributed by atoms with Gasteiger partial charge in [-0.15, -0.1) is 11.8 Å². The summed E-state index contributed by atoms with van der Waals surface area (Å²) in [6, 6.07) is 14.4. The first-order valence-corrected chi connectivity index (χ1v) is 11.7. The molecule has 0 atom stereocenters. The summed E-state index contributed by atoms with van der Waals surface area (Å²) in [6.07, 6.45) is 2.54. The molecule has 140 valence electrons. The molecular weight excluding hydrogens is 442 g/mol. The number of halogens is 1. The highest BCUT2D eigenvalue weighted by atomic mass is 79.9. The number of thiazole rings is 1. The number of hydrogen-bond acceptors (Lipinski definition) is 5. The lowest BCUT2D eigenvalue weighted by atomic mass is 10.1. The zero-order valence-corrected chi connectivity index (χ0v) is 18.2. The predicted molar refractivity (Wildman–Crippen MR) is 118 cm³/mol. The molecule has 1 aliphatic heterocycles. The predicted octanol–water partition coefficient (Wildman–Crippen LogP) is 4.67. The maximum Gasteiger partial charge on any atom is 0.227 e. The molecule has 0 radical (unpaired) electrons. The number of benzene rings is 2. The van der Waals surface area contributed by atoms with Crippen LogP contribution in [0.4, 0.5) is 5.13 Å². The third kappa shape index (κ3) is 4.31. The third-order valence-corrected chi connectivity index (χ3v) is 7.07. The first kappa shape index (κ1) is 18.8. The summed E-state index contributed by atoms with van der Waals surface area (Å²) in [5, 5.41) is 1.04. The van der Waals surface area contributed by atoms with E-state index in [4.69, 9.17) is 4.98 Å². The number of thioether (sulfide) groups is 1. The van der Waals surface area contributed by atoms with E-state index in [1.807, 2.05) is 17.0 Å². The Morgan fingerprint density at radius 2 is 1.89 bits per heavy atom. The number of piperazine rings is 1. The normalized spacial score (nSPS) is 14.7. The van der Waals surface area contributed by atoms with Crippen LogP contribution in [0.3, 0.4) is 0 Å². The van der Waals surface area contributed by atoms with Crippen LogP contribution in [-0.2, 0) is 11.2 Å². The molecule has 1 fully saturated rings. The van der Waals surface area contributed by atoms with Gasteiger partial charge in [-0.05, 0) is 42.2 Å². The van der Waals surface area contributed by atoms with Crippen LogP contribution < -0.4 is 4.90 Å². The molecular formula is C20H20BrN3OS2. The van der Waals surface area contributed by atoms with Crippen molar-refractivity contribution in [3.63, 3.8) is 0 Å². The van der Waals surface area contributed by atoms with E-state index < -0.39 is 0 Å². The minimum absolute atomic E-state index is 0.208. The minimum Gasteiger partial charge on any atom is -0.345 e. The number of carbonyl (C=O) groups is 1. The van der Waals surface area contributed by atoms with Crippen LogP contribution in [0.15, 0.2) is 51.8 Å². The van der Waals surface area contributed by atoms with E-state index in [0.29, 0.717) is 6.42 Å². The second kappa shape index (κ2) is 8.20. The van der Waals surface area contributed by atoms with Crippen molar-refractivity contribution < 1.29 is 4.79 Å². The molecule has 0 bridgehead atoms. The number of carbonyl (C=O) groups excluding carboxylic acids is 1. The lowest BCUT2D eigenvalue weighted by molar-refractivity contribution is -0.130. The van der Waals surface area contributed by atoms with E-state index in [9.17, 15) is 4.79 Å². The van der Waals surface area contributed by atoms with Crippen LogP contribution in [0, 0.1) is 0 Å². The van der Waals surface area contributed by atoms with E-state index in [-0.39, 0.29) is 5.91 Å². The van der Waals surface area contributed by atoms with Crippen LogP contribution in [0.25, 0.3) is 10.2 Å². The fourth-order valence-corrected chi connectivity index (χ4v) is 5.18. The summed E-state index contributed by atoms with van der Waals surface area (Å²) in [7, 11) is 0. The van der Waals surface area contributed by atoms with Crippen molar-refractivity contribution >= 4 is 60.3 Å². The molecule has 2 aromatic carbocycles. The fraction of sp³-hybridized carbons (Fsp3) is 0.300. The zero-order valence-electron chi connectivity index (χ0n) is 15.0. The minimum atomic E-state index is 0.208. The number of aromatic nitrogens is 1. The molecule has 0 N–H and O–H groups in total. The third-order valence-electron chi connectivity index (χ3n) is 4.76. The highest BCUT2D eigenvalue weighted by Crippen LogP contribution is 2.31. The largest absolute Gasteiger partial charge is 0.345 e. The van der Waals surface area contributed by atoms with Gasteiger partial charge in [0.1, 0.15) is 0 Å².